The van der Waals surface area contributed by atoms with Crippen LogP contribution in [0.3, 0.4) is 0 Å². The van der Waals surface area contributed by atoms with Crippen LogP contribution in [0.2, 0.25) is 0 Å². The summed E-state index contributed by atoms with van der Waals surface area (Å²) in [4.78, 5) is 30.6. The van der Waals surface area contributed by atoms with Crippen molar-refractivity contribution in [1.29, 1.82) is 0 Å². The number of carbonyl (C=O) groups excluding carboxylic acids is 2. The number of amides is 3. The van der Waals surface area contributed by atoms with E-state index in [2.05, 4.69) is 15.6 Å². The number of rotatable bonds is 5. The quantitative estimate of drug-likeness (QED) is 0.673. The molecular formula is C23H21FN4O2. The van der Waals surface area contributed by atoms with Gasteiger partial charge in [0.15, 0.2) is 0 Å². The van der Waals surface area contributed by atoms with Gasteiger partial charge in [0, 0.05) is 43.4 Å². The fourth-order valence-electron chi connectivity index (χ4n) is 3.51. The standard InChI is InChI=1S/C23H21FN4O2/c24-19-8-6-16(7-9-19)14-26-23(30)27-21-13-20(10-11-25-21)28-15-18(12-22(28)29)17-4-2-1-3-5-17/h1-11,13,18H,12,14-15H2,(H2,25,26,27,30). The van der Waals surface area contributed by atoms with Crippen LogP contribution in [-0.2, 0) is 11.3 Å². The van der Waals surface area contributed by atoms with E-state index < -0.39 is 6.03 Å². The van der Waals surface area contributed by atoms with Gasteiger partial charge in [-0.3, -0.25) is 10.1 Å². The lowest BCUT2D eigenvalue weighted by atomic mass is 9.99. The molecule has 0 radical (unpaired) electrons. The number of pyridine rings is 1. The summed E-state index contributed by atoms with van der Waals surface area (Å²) < 4.78 is 13.0. The van der Waals surface area contributed by atoms with Gasteiger partial charge in [0.1, 0.15) is 11.6 Å². The molecule has 1 unspecified atom stereocenters. The lowest BCUT2D eigenvalue weighted by Gasteiger charge is -2.18. The number of urea groups is 1. The lowest BCUT2D eigenvalue weighted by Crippen LogP contribution is -2.29. The number of nitrogens with one attached hydrogen (secondary N) is 2. The highest BCUT2D eigenvalue weighted by Crippen LogP contribution is 2.32. The lowest BCUT2D eigenvalue weighted by molar-refractivity contribution is -0.117. The Labute approximate surface area is 173 Å². The number of hydrogen-bond donors (Lipinski definition) is 2. The fraction of sp³-hybridized carbons (Fsp3) is 0.174. The van der Waals surface area contributed by atoms with Crippen LogP contribution in [0.5, 0.6) is 0 Å². The fourth-order valence-corrected chi connectivity index (χ4v) is 3.51. The van der Waals surface area contributed by atoms with E-state index in [9.17, 15) is 14.0 Å². The Morgan fingerprint density at radius 1 is 1.10 bits per heavy atom. The van der Waals surface area contributed by atoms with Crippen molar-refractivity contribution < 1.29 is 14.0 Å². The minimum absolute atomic E-state index is 0.0433. The smallest absolute Gasteiger partial charge is 0.320 e. The van der Waals surface area contributed by atoms with Crippen LogP contribution in [0.15, 0.2) is 72.9 Å². The van der Waals surface area contributed by atoms with E-state index in [1.807, 2.05) is 30.3 Å². The Kier molecular flexibility index (Phi) is 5.70. The number of aromatic nitrogens is 1. The number of carbonyl (C=O) groups is 2. The average Bonchev–Trinajstić information content (AvgIpc) is 3.16. The topological polar surface area (TPSA) is 74.3 Å². The summed E-state index contributed by atoms with van der Waals surface area (Å²) in [5.41, 5.74) is 2.62. The first-order valence-corrected chi connectivity index (χ1v) is 9.69. The minimum atomic E-state index is -0.432. The summed E-state index contributed by atoms with van der Waals surface area (Å²) in [6.07, 6.45) is 2.02. The van der Waals surface area contributed by atoms with Gasteiger partial charge in [0.25, 0.3) is 0 Å². The molecule has 0 saturated carbocycles. The van der Waals surface area contributed by atoms with Gasteiger partial charge < -0.3 is 10.2 Å². The summed E-state index contributed by atoms with van der Waals surface area (Å²) in [6, 6.07) is 18.9. The van der Waals surface area contributed by atoms with E-state index in [1.165, 1.54) is 12.1 Å². The monoisotopic (exact) mass is 404 g/mol. The second-order valence-corrected chi connectivity index (χ2v) is 7.15. The molecule has 1 atom stereocenters. The van der Waals surface area contributed by atoms with Crippen molar-refractivity contribution >= 4 is 23.4 Å². The molecule has 2 aromatic carbocycles. The van der Waals surface area contributed by atoms with Crippen molar-refractivity contribution in [3.05, 3.63) is 89.9 Å². The largest absolute Gasteiger partial charge is 0.334 e. The Balaban J connectivity index is 1.38. The summed E-state index contributed by atoms with van der Waals surface area (Å²) >= 11 is 0. The summed E-state index contributed by atoms with van der Waals surface area (Å²) in [5.74, 6) is 0.208. The molecule has 30 heavy (non-hydrogen) atoms. The zero-order valence-corrected chi connectivity index (χ0v) is 16.2. The molecule has 1 saturated heterocycles. The average molecular weight is 404 g/mol. The van der Waals surface area contributed by atoms with E-state index in [0.29, 0.717) is 24.5 Å². The first-order chi connectivity index (χ1) is 14.6. The van der Waals surface area contributed by atoms with E-state index in [-0.39, 0.29) is 24.2 Å². The molecule has 1 aliphatic heterocycles. The first kappa shape index (κ1) is 19.6. The van der Waals surface area contributed by atoms with Gasteiger partial charge in [-0.1, -0.05) is 42.5 Å². The van der Waals surface area contributed by atoms with Crippen LogP contribution in [0, 0.1) is 5.82 Å². The van der Waals surface area contributed by atoms with Gasteiger partial charge in [-0.05, 0) is 29.3 Å². The van der Waals surface area contributed by atoms with Gasteiger partial charge in [-0.25, -0.2) is 14.2 Å². The van der Waals surface area contributed by atoms with Crippen molar-refractivity contribution in [2.24, 2.45) is 0 Å². The molecule has 152 valence electrons. The highest BCUT2D eigenvalue weighted by atomic mass is 19.1. The van der Waals surface area contributed by atoms with Crippen LogP contribution in [0.4, 0.5) is 20.7 Å². The van der Waals surface area contributed by atoms with E-state index in [4.69, 9.17) is 0 Å². The molecule has 3 amide bonds. The van der Waals surface area contributed by atoms with Gasteiger partial charge >= 0.3 is 6.03 Å². The molecule has 1 fully saturated rings. The maximum absolute atomic E-state index is 13.0. The number of nitrogens with zero attached hydrogens (tertiary/aromatic N) is 2. The minimum Gasteiger partial charge on any atom is -0.334 e. The van der Waals surface area contributed by atoms with Crippen LogP contribution >= 0.6 is 0 Å². The third-order valence-corrected chi connectivity index (χ3v) is 5.06. The van der Waals surface area contributed by atoms with Crippen molar-refractivity contribution in [3.63, 3.8) is 0 Å². The molecular weight excluding hydrogens is 383 g/mol. The normalized spacial score (nSPS) is 15.8. The SMILES string of the molecule is O=C(NCc1ccc(F)cc1)Nc1cc(N2CC(c3ccccc3)CC2=O)ccn1. The summed E-state index contributed by atoms with van der Waals surface area (Å²) in [7, 11) is 0. The molecule has 1 aliphatic rings. The highest BCUT2D eigenvalue weighted by Gasteiger charge is 2.31. The molecule has 2 N–H and O–H groups in total. The van der Waals surface area contributed by atoms with E-state index in [1.54, 1.807) is 35.4 Å². The molecule has 1 aromatic heterocycles. The zero-order valence-electron chi connectivity index (χ0n) is 16.2. The predicted molar refractivity (Wildman–Crippen MR) is 113 cm³/mol. The molecule has 7 heteroatoms. The van der Waals surface area contributed by atoms with E-state index in [0.717, 1.165) is 11.1 Å². The molecule has 3 aromatic rings. The third-order valence-electron chi connectivity index (χ3n) is 5.06. The number of benzene rings is 2. The Morgan fingerprint density at radius 2 is 1.87 bits per heavy atom. The van der Waals surface area contributed by atoms with Gasteiger partial charge in [-0.15, -0.1) is 0 Å². The van der Waals surface area contributed by atoms with Crippen LogP contribution < -0.4 is 15.5 Å². The summed E-state index contributed by atoms with van der Waals surface area (Å²) in [5, 5.41) is 5.37. The molecule has 0 bridgehead atoms. The predicted octanol–water partition coefficient (Wildman–Crippen LogP) is 4.06. The van der Waals surface area contributed by atoms with Gasteiger partial charge in [0.05, 0.1) is 0 Å². The van der Waals surface area contributed by atoms with Crippen molar-refractivity contribution in [3.8, 4) is 0 Å². The van der Waals surface area contributed by atoms with Gasteiger partial charge in [-0.2, -0.15) is 0 Å². The number of anilines is 2. The van der Waals surface area contributed by atoms with Crippen molar-refractivity contribution in [2.75, 3.05) is 16.8 Å². The number of hydrogen-bond acceptors (Lipinski definition) is 3. The molecule has 4 rings (SSSR count). The third kappa shape index (κ3) is 4.63. The highest BCUT2D eigenvalue weighted by molar-refractivity contribution is 5.97. The second kappa shape index (κ2) is 8.73. The zero-order chi connectivity index (χ0) is 20.9. The van der Waals surface area contributed by atoms with Crippen LogP contribution in [0.25, 0.3) is 0 Å². The molecule has 0 aliphatic carbocycles. The number of halogens is 1. The maximum atomic E-state index is 13.0. The Bertz CT molecular complexity index is 1040. The van der Waals surface area contributed by atoms with Crippen LogP contribution in [0.1, 0.15) is 23.5 Å². The maximum Gasteiger partial charge on any atom is 0.320 e. The van der Waals surface area contributed by atoms with Crippen molar-refractivity contribution in [2.45, 2.75) is 18.9 Å². The Hall–Kier alpha value is -3.74. The molecule has 2 heterocycles. The van der Waals surface area contributed by atoms with Gasteiger partial charge in [0.2, 0.25) is 5.91 Å². The second-order valence-electron chi connectivity index (χ2n) is 7.15. The van der Waals surface area contributed by atoms with E-state index >= 15 is 0 Å². The van der Waals surface area contributed by atoms with Crippen molar-refractivity contribution in [1.82, 2.24) is 10.3 Å². The Morgan fingerprint density at radius 3 is 2.63 bits per heavy atom. The first-order valence-electron chi connectivity index (χ1n) is 9.69. The van der Waals surface area contributed by atoms with Crippen LogP contribution in [-0.4, -0.2) is 23.5 Å². The summed E-state index contributed by atoms with van der Waals surface area (Å²) in [6.45, 7) is 0.845. The molecule has 6 nitrogen and oxygen atoms in total. The molecule has 0 spiro atoms.